The normalized spacial score (nSPS) is 21.1. The van der Waals surface area contributed by atoms with Crippen LogP contribution in [0.3, 0.4) is 0 Å². The summed E-state index contributed by atoms with van der Waals surface area (Å²) >= 11 is 0. The number of fused-ring (bicyclic) bond motifs is 1. The van der Waals surface area contributed by atoms with Crippen LogP contribution in [0.1, 0.15) is 74.0 Å². The van der Waals surface area contributed by atoms with Crippen LogP contribution in [0.5, 0.6) is 0 Å². The maximum absolute atomic E-state index is 13.2. The molecular formula is C27H38N6O3. The number of hydrogen-bond acceptors (Lipinski definition) is 7. The minimum absolute atomic E-state index is 0.0232. The van der Waals surface area contributed by atoms with Crippen molar-refractivity contribution in [3.8, 4) is 0 Å². The van der Waals surface area contributed by atoms with Gasteiger partial charge in [-0.25, -0.2) is 4.68 Å². The average Bonchev–Trinajstić information content (AvgIpc) is 3.62. The number of tetrazole rings is 1. The molecule has 2 aliphatic rings. The van der Waals surface area contributed by atoms with Gasteiger partial charge in [0.1, 0.15) is 0 Å². The topological polar surface area (TPSA) is 98.2 Å². The zero-order chi connectivity index (χ0) is 25.1. The first kappa shape index (κ1) is 25.0. The van der Waals surface area contributed by atoms with Crippen molar-refractivity contribution in [3.05, 3.63) is 51.1 Å². The van der Waals surface area contributed by atoms with Crippen LogP contribution in [-0.2, 0) is 22.6 Å². The van der Waals surface area contributed by atoms with Gasteiger partial charge in [0.2, 0.25) is 0 Å². The Kier molecular flexibility index (Phi) is 7.79. The maximum atomic E-state index is 13.2. The Bertz CT molecular complexity index is 1230. The quantitative estimate of drug-likeness (QED) is 0.457. The molecule has 3 unspecified atom stereocenters. The van der Waals surface area contributed by atoms with E-state index in [0.29, 0.717) is 13.1 Å². The second-order valence-electron chi connectivity index (χ2n) is 10.4. The third-order valence-electron chi connectivity index (χ3n) is 7.47. The van der Waals surface area contributed by atoms with Crippen LogP contribution in [0, 0.1) is 13.8 Å². The molecule has 0 saturated carbocycles. The zero-order valence-electron chi connectivity index (χ0n) is 21.7. The van der Waals surface area contributed by atoms with Crippen molar-refractivity contribution in [3.63, 3.8) is 0 Å². The van der Waals surface area contributed by atoms with E-state index < -0.39 is 0 Å². The third-order valence-corrected chi connectivity index (χ3v) is 7.47. The van der Waals surface area contributed by atoms with Crippen LogP contribution in [0.25, 0.3) is 10.9 Å². The number of H-pyrrole nitrogens is 1. The Labute approximate surface area is 212 Å². The number of benzene rings is 1. The molecule has 0 spiro atoms. The smallest absolute Gasteiger partial charge is 0.252 e. The Morgan fingerprint density at radius 3 is 2.64 bits per heavy atom. The van der Waals surface area contributed by atoms with E-state index in [4.69, 9.17) is 9.47 Å². The van der Waals surface area contributed by atoms with Crippen LogP contribution in [0.4, 0.5) is 0 Å². The Morgan fingerprint density at radius 1 is 1.14 bits per heavy atom. The summed E-state index contributed by atoms with van der Waals surface area (Å²) < 4.78 is 13.8. The molecule has 2 aromatic heterocycles. The van der Waals surface area contributed by atoms with Crippen molar-refractivity contribution >= 4 is 10.9 Å². The first-order chi connectivity index (χ1) is 17.5. The van der Waals surface area contributed by atoms with Gasteiger partial charge in [-0.1, -0.05) is 25.0 Å². The van der Waals surface area contributed by atoms with Crippen LogP contribution >= 0.6 is 0 Å². The highest BCUT2D eigenvalue weighted by Gasteiger charge is 2.31. The van der Waals surface area contributed by atoms with Crippen LogP contribution in [0.15, 0.2) is 23.0 Å². The Morgan fingerprint density at radius 2 is 1.92 bits per heavy atom. The largest absolute Gasteiger partial charge is 0.377 e. The summed E-state index contributed by atoms with van der Waals surface area (Å²) in [6.45, 7) is 9.81. The fourth-order valence-electron chi connectivity index (χ4n) is 5.73. The molecule has 36 heavy (non-hydrogen) atoms. The number of pyridine rings is 1. The number of nitrogens with one attached hydrogen (secondary N) is 1. The van der Waals surface area contributed by atoms with Gasteiger partial charge in [0.05, 0.1) is 30.3 Å². The van der Waals surface area contributed by atoms with Gasteiger partial charge in [0.25, 0.3) is 5.56 Å². The van der Waals surface area contributed by atoms with Crippen molar-refractivity contribution in [1.29, 1.82) is 0 Å². The van der Waals surface area contributed by atoms with E-state index >= 15 is 0 Å². The summed E-state index contributed by atoms with van der Waals surface area (Å²) in [7, 11) is 0. The molecule has 0 radical (unpaired) electrons. The monoisotopic (exact) mass is 494 g/mol. The second kappa shape index (κ2) is 11.2. The van der Waals surface area contributed by atoms with Gasteiger partial charge in [-0.2, -0.15) is 0 Å². The second-order valence-corrected chi connectivity index (χ2v) is 10.4. The lowest BCUT2D eigenvalue weighted by Gasteiger charge is -2.32. The van der Waals surface area contributed by atoms with Gasteiger partial charge in [-0.05, 0) is 79.5 Å². The Hall–Kier alpha value is -2.62. The molecule has 3 aromatic rings. The summed E-state index contributed by atoms with van der Waals surface area (Å²) in [6, 6.07) is 6.27. The average molecular weight is 495 g/mol. The van der Waals surface area contributed by atoms with Crippen LogP contribution < -0.4 is 5.56 Å². The molecule has 2 fully saturated rings. The molecule has 194 valence electrons. The number of nitrogens with zero attached hydrogens (tertiary/aromatic N) is 5. The van der Waals surface area contributed by atoms with Gasteiger partial charge < -0.3 is 14.5 Å². The summed E-state index contributed by atoms with van der Waals surface area (Å²) in [5, 5.41) is 13.9. The molecule has 0 bridgehead atoms. The minimum Gasteiger partial charge on any atom is -0.377 e. The van der Waals surface area contributed by atoms with Gasteiger partial charge in [-0.15, -0.1) is 5.10 Å². The standard InChI is InChI=1S/C27H38N6O3/c1-4-7-24(26-29-30-31-33(26)17-23-9-6-11-36-23)32(16-22-8-5-10-35-22)15-21-14-20-13-18(2)12-19(3)25(20)28-27(21)34/h12-14,22-24H,4-11,15-17H2,1-3H3,(H,28,34). The fourth-order valence-corrected chi connectivity index (χ4v) is 5.73. The maximum Gasteiger partial charge on any atom is 0.252 e. The van der Waals surface area contributed by atoms with Crippen molar-refractivity contribution in [2.75, 3.05) is 19.8 Å². The van der Waals surface area contributed by atoms with Crippen molar-refractivity contribution < 1.29 is 9.47 Å². The van der Waals surface area contributed by atoms with Gasteiger partial charge >= 0.3 is 0 Å². The molecule has 5 rings (SSSR count). The zero-order valence-corrected chi connectivity index (χ0v) is 21.7. The summed E-state index contributed by atoms with van der Waals surface area (Å²) in [5.74, 6) is 0.842. The highest BCUT2D eigenvalue weighted by Crippen LogP contribution is 2.29. The lowest BCUT2D eigenvalue weighted by Crippen LogP contribution is -2.38. The van der Waals surface area contributed by atoms with Crippen molar-refractivity contribution in [2.45, 2.75) is 90.6 Å². The van der Waals surface area contributed by atoms with E-state index in [1.807, 2.05) is 11.6 Å². The number of rotatable bonds is 10. The van der Waals surface area contributed by atoms with E-state index in [1.165, 1.54) is 5.56 Å². The summed E-state index contributed by atoms with van der Waals surface area (Å²) in [5.41, 5.74) is 3.89. The van der Waals surface area contributed by atoms with Crippen molar-refractivity contribution in [1.82, 2.24) is 30.1 Å². The van der Waals surface area contributed by atoms with Crippen LogP contribution in [-0.4, -0.2) is 62.1 Å². The van der Waals surface area contributed by atoms with Gasteiger partial charge in [-0.3, -0.25) is 9.69 Å². The highest BCUT2D eigenvalue weighted by molar-refractivity contribution is 5.82. The molecule has 1 N–H and O–H groups in total. The lowest BCUT2D eigenvalue weighted by atomic mass is 10.0. The number of aromatic amines is 1. The molecule has 3 atom stereocenters. The first-order valence-electron chi connectivity index (χ1n) is 13.4. The van der Waals surface area contributed by atoms with Gasteiger partial charge in [0.15, 0.2) is 5.82 Å². The van der Waals surface area contributed by atoms with Crippen molar-refractivity contribution in [2.24, 2.45) is 0 Å². The molecule has 4 heterocycles. The van der Waals surface area contributed by atoms with E-state index in [1.54, 1.807) is 0 Å². The molecule has 1 aromatic carbocycles. The predicted octanol–water partition coefficient (Wildman–Crippen LogP) is 3.83. The summed E-state index contributed by atoms with van der Waals surface area (Å²) in [6.07, 6.45) is 6.38. The molecule has 0 amide bonds. The first-order valence-corrected chi connectivity index (χ1v) is 13.4. The molecule has 2 aliphatic heterocycles. The van der Waals surface area contributed by atoms with E-state index in [9.17, 15) is 4.79 Å². The lowest BCUT2D eigenvalue weighted by molar-refractivity contribution is 0.0457. The van der Waals surface area contributed by atoms with Crippen LogP contribution in [0.2, 0.25) is 0 Å². The van der Waals surface area contributed by atoms with E-state index in [2.05, 4.69) is 57.5 Å². The fraction of sp³-hybridized carbons (Fsp3) is 0.630. The van der Waals surface area contributed by atoms with E-state index in [0.717, 1.165) is 86.1 Å². The number of aryl methyl sites for hydroxylation is 2. The molecule has 2 saturated heterocycles. The number of aromatic nitrogens is 5. The highest BCUT2D eigenvalue weighted by atomic mass is 16.5. The summed E-state index contributed by atoms with van der Waals surface area (Å²) in [4.78, 5) is 18.7. The number of ether oxygens (including phenoxy) is 2. The number of hydrogen-bond donors (Lipinski definition) is 1. The SMILES string of the molecule is CCCC(c1nnnn1CC1CCCO1)N(Cc1cc2cc(C)cc(C)c2[nH]c1=O)CC1CCCO1. The molecule has 9 nitrogen and oxygen atoms in total. The minimum atomic E-state index is -0.0408. The van der Waals surface area contributed by atoms with E-state index in [-0.39, 0.29) is 23.8 Å². The third kappa shape index (κ3) is 5.53. The van der Waals surface area contributed by atoms with Gasteiger partial charge in [0, 0.05) is 31.9 Å². The molecule has 0 aliphatic carbocycles. The predicted molar refractivity (Wildman–Crippen MR) is 138 cm³/mol. The Balaban J connectivity index is 1.49. The molecule has 9 heteroatoms. The molecular weight excluding hydrogens is 456 g/mol.